The number of carbonyl (C=O) groups excluding carboxylic acids is 2. The maximum Gasteiger partial charge on any atom is 0.264 e. The molecule has 4 aromatic carbocycles. The molecule has 1 saturated carbocycles. The number of hydrogen-bond acceptors (Lipinski definition) is 4. The molecule has 10 heteroatoms. The molecular formula is C38H41Cl2N3O4S. The van der Waals surface area contributed by atoms with Gasteiger partial charge in [0.15, 0.2) is 0 Å². The third kappa shape index (κ3) is 8.59. The Balaban J connectivity index is 1.60. The van der Waals surface area contributed by atoms with Crippen molar-refractivity contribution in [2.45, 2.75) is 76.4 Å². The highest BCUT2D eigenvalue weighted by Crippen LogP contribution is 2.30. The maximum atomic E-state index is 14.8. The summed E-state index contributed by atoms with van der Waals surface area (Å²) in [4.78, 5) is 30.5. The Kier molecular flexibility index (Phi) is 11.5. The minimum atomic E-state index is -4.20. The molecule has 0 saturated heterocycles. The topological polar surface area (TPSA) is 86.8 Å². The lowest BCUT2D eigenvalue weighted by Gasteiger charge is -2.34. The molecular weight excluding hydrogens is 665 g/mol. The lowest BCUT2D eigenvalue weighted by Crippen LogP contribution is -2.54. The zero-order valence-electron chi connectivity index (χ0n) is 27.5. The summed E-state index contributed by atoms with van der Waals surface area (Å²) in [7, 11) is -4.20. The Morgan fingerprint density at radius 2 is 1.48 bits per heavy atom. The zero-order chi connectivity index (χ0) is 34.4. The van der Waals surface area contributed by atoms with Gasteiger partial charge in [-0.3, -0.25) is 13.9 Å². The van der Waals surface area contributed by atoms with Crippen LogP contribution in [0.25, 0.3) is 0 Å². The molecule has 0 heterocycles. The van der Waals surface area contributed by atoms with Crippen LogP contribution in [0.4, 0.5) is 5.69 Å². The van der Waals surface area contributed by atoms with Crippen molar-refractivity contribution in [3.63, 3.8) is 0 Å². The Morgan fingerprint density at radius 1 is 0.812 bits per heavy atom. The molecule has 0 aromatic heterocycles. The molecule has 1 atom stereocenters. The first-order chi connectivity index (χ1) is 22.9. The number of nitrogens with zero attached hydrogens (tertiary/aromatic N) is 2. The summed E-state index contributed by atoms with van der Waals surface area (Å²) in [5.74, 6) is -0.806. The lowest BCUT2D eigenvalue weighted by molar-refractivity contribution is -0.140. The van der Waals surface area contributed by atoms with Gasteiger partial charge in [0.25, 0.3) is 10.0 Å². The van der Waals surface area contributed by atoms with E-state index in [9.17, 15) is 18.0 Å². The van der Waals surface area contributed by atoms with Gasteiger partial charge in [-0.1, -0.05) is 102 Å². The highest BCUT2D eigenvalue weighted by molar-refractivity contribution is 7.92. The second-order valence-corrected chi connectivity index (χ2v) is 15.3. The van der Waals surface area contributed by atoms with Gasteiger partial charge in [-0.2, -0.15) is 0 Å². The van der Waals surface area contributed by atoms with Crippen molar-refractivity contribution < 1.29 is 18.0 Å². The fourth-order valence-corrected chi connectivity index (χ4v) is 7.89. The van der Waals surface area contributed by atoms with E-state index >= 15 is 0 Å². The summed E-state index contributed by atoms with van der Waals surface area (Å²) < 4.78 is 29.9. The van der Waals surface area contributed by atoms with Crippen LogP contribution in [0.1, 0.15) is 53.5 Å². The number of aryl methyl sites for hydroxylation is 3. The molecule has 0 bridgehead atoms. The number of nitrogens with one attached hydrogen (secondary N) is 1. The second kappa shape index (κ2) is 15.6. The number of halogens is 2. The summed E-state index contributed by atoms with van der Waals surface area (Å²) in [5, 5.41) is 3.87. The Hall–Kier alpha value is -3.85. The van der Waals surface area contributed by atoms with E-state index in [0.29, 0.717) is 26.9 Å². The van der Waals surface area contributed by atoms with Gasteiger partial charge in [0.05, 0.1) is 20.6 Å². The van der Waals surface area contributed by atoms with E-state index in [1.807, 2.05) is 63.2 Å². The van der Waals surface area contributed by atoms with E-state index < -0.39 is 28.5 Å². The Labute approximate surface area is 293 Å². The fraction of sp³-hybridized carbons (Fsp3) is 0.316. The molecule has 7 nitrogen and oxygen atoms in total. The third-order valence-corrected chi connectivity index (χ3v) is 11.3. The minimum Gasteiger partial charge on any atom is -0.352 e. The summed E-state index contributed by atoms with van der Waals surface area (Å²) >= 11 is 12.6. The van der Waals surface area contributed by atoms with Gasteiger partial charge in [0, 0.05) is 19.0 Å². The van der Waals surface area contributed by atoms with Crippen molar-refractivity contribution in [2.24, 2.45) is 0 Å². The number of amides is 2. The van der Waals surface area contributed by atoms with E-state index in [2.05, 4.69) is 5.32 Å². The van der Waals surface area contributed by atoms with Crippen LogP contribution in [0, 0.1) is 20.8 Å². The predicted molar refractivity (Wildman–Crippen MR) is 193 cm³/mol. The van der Waals surface area contributed by atoms with Crippen molar-refractivity contribution in [1.29, 1.82) is 0 Å². The van der Waals surface area contributed by atoms with Crippen LogP contribution < -0.4 is 9.62 Å². The molecule has 1 fully saturated rings. The smallest absolute Gasteiger partial charge is 0.264 e. The fourth-order valence-electron chi connectivity index (χ4n) is 6.10. The van der Waals surface area contributed by atoms with Gasteiger partial charge < -0.3 is 10.2 Å². The molecule has 0 aliphatic heterocycles. The van der Waals surface area contributed by atoms with E-state index in [-0.39, 0.29) is 29.8 Å². The SMILES string of the molecule is Cc1ccc(S(=O)(=O)N(CC(=O)N(Cc2ccc(Cl)c(Cl)c2)C(Cc2ccccc2)C(=O)NC2CCCC2)c2cc(C)ccc2C)cc1. The molecule has 1 aliphatic rings. The molecule has 5 rings (SSSR count). The van der Waals surface area contributed by atoms with Crippen LogP contribution in [0.5, 0.6) is 0 Å². The Morgan fingerprint density at radius 3 is 2.15 bits per heavy atom. The van der Waals surface area contributed by atoms with E-state index in [4.69, 9.17) is 23.2 Å². The van der Waals surface area contributed by atoms with Gasteiger partial charge in [-0.05, 0) is 86.2 Å². The third-order valence-electron chi connectivity index (χ3n) is 8.83. The summed E-state index contributed by atoms with van der Waals surface area (Å²) in [6.07, 6.45) is 4.05. The lowest BCUT2D eigenvalue weighted by atomic mass is 10.0. The molecule has 0 spiro atoms. The highest BCUT2D eigenvalue weighted by atomic mass is 35.5. The van der Waals surface area contributed by atoms with Gasteiger partial charge >= 0.3 is 0 Å². The van der Waals surface area contributed by atoms with Crippen LogP contribution in [-0.4, -0.2) is 43.8 Å². The van der Waals surface area contributed by atoms with E-state index in [1.54, 1.807) is 48.5 Å². The molecule has 4 aromatic rings. The first kappa shape index (κ1) is 35.5. The van der Waals surface area contributed by atoms with Crippen LogP contribution in [0.15, 0.2) is 95.9 Å². The van der Waals surface area contributed by atoms with Gasteiger partial charge in [0.2, 0.25) is 11.8 Å². The first-order valence-corrected chi connectivity index (χ1v) is 18.4. The molecule has 1 N–H and O–H groups in total. The standard InChI is InChI=1S/C38H41Cl2N3O4S/c1-26-14-18-32(19-15-26)48(46,47)43(35-21-27(2)13-16-28(35)3)25-37(44)42(24-30-17-20-33(39)34(40)22-30)36(23-29-9-5-4-6-10-29)38(45)41-31-11-7-8-12-31/h4-6,9-10,13-22,31,36H,7-8,11-12,23-25H2,1-3H3,(H,41,45). The first-order valence-electron chi connectivity index (χ1n) is 16.2. The largest absolute Gasteiger partial charge is 0.352 e. The van der Waals surface area contributed by atoms with E-state index in [1.165, 1.54) is 9.21 Å². The average Bonchev–Trinajstić information content (AvgIpc) is 3.58. The molecule has 1 unspecified atom stereocenters. The average molecular weight is 707 g/mol. The number of carbonyl (C=O) groups is 2. The van der Waals surface area contributed by atoms with Crippen molar-refractivity contribution in [1.82, 2.24) is 10.2 Å². The summed E-state index contributed by atoms with van der Waals surface area (Å²) in [6.45, 7) is 5.06. The van der Waals surface area contributed by atoms with Crippen molar-refractivity contribution >= 4 is 50.7 Å². The van der Waals surface area contributed by atoms with Crippen LogP contribution in [0.3, 0.4) is 0 Å². The summed E-state index contributed by atoms with van der Waals surface area (Å²) in [5.41, 5.74) is 4.37. The van der Waals surface area contributed by atoms with Crippen LogP contribution in [0.2, 0.25) is 10.0 Å². The van der Waals surface area contributed by atoms with Gasteiger partial charge in [-0.15, -0.1) is 0 Å². The monoisotopic (exact) mass is 705 g/mol. The van der Waals surface area contributed by atoms with Crippen LogP contribution >= 0.6 is 23.2 Å². The minimum absolute atomic E-state index is 0.0104. The molecule has 252 valence electrons. The van der Waals surface area contributed by atoms with Gasteiger partial charge in [0.1, 0.15) is 12.6 Å². The number of rotatable bonds is 12. The molecule has 0 radical (unpaired) electrons. The quantitative estimate of drug-likeness (QED) is 0.163. The molecule has 1 aliphatic carbocycles. The van der Waals surface area contributed by atoms with E-state index in [0.717, 1.165) is 42.4 Å². The van der Waals surface area contributed by atoms with Crippen LogP contribution in [-0.2, 0) is 32.6 Å². The predicted octanol–water partition coefficient (Wildman–Crippen LogP) is 7.81. The van der Waals surface area contributed by atoms with Crippen molar-refractivity contribution in [3.8, 4) is 0 Å². The number of anilines is 1. The second-order valence-electron chi connectivity index (χ2n) is 12.6. The van der Waals surface area contributed by atoms with Crippen molar-refractivity contribution in [2.75, 3.05) is 10.8 Å². The zero-order valence-corrected chi connectivity index (χ0v) is 29.8. The maximum absolute atomic E-state index is 14.8. The number of sulfonamides is 1. The molecule has 2 amide bonds. The molecule has 48 heavy (non-hydrogen) atoms. The number of hydrogen-bond donors (Lipinski definition) is 1. The Bertz CT molecular complexity index is 1860. The summed E-state index contributed by atoms with van der Waals surface area (Å²) in [6, 6.07) is 25.8. The highest BCUT2D eigenvalue weighted by Gasteiger charge is 2.36. The van der Waals surface area contributed by atoms with Crippen molar-refractivity contribution in [3.05, 3.63) is 129 Å². The van der Waals surface area contributed by atoms with Gasteiger partial charge in [-0.25, -0.2) is 8.42 Å². The normalized spacial score (nSPS) is 14.0. The number of benzene rings is 4.